The van der Waals surface area contributed by atoms with E-state index in [0.29, 0.717) is 6.07 Å². The molecule has 8 nitrogen and oxygen atoms in total. The van der Waals surface area contributed by atoms with Crippen LogP contribution in [-0.4, -0.2) is 49.3 Å². The van der Waals surface area contributed by atoms with Crippen LogP contribution in [0.2, 0.25) is 0 Å². The first-order valence-corrected chi connectivity index (χ1v) is 6.70. The number of allylic oxidation sites excluding steroid dienone is 3. The Morgan fingerprint density at radius 1 is 1.04 bits per heavy atom. The van der Waals surface area contributed by atoms with Crippen LogP contribution < -0.4 is 0 Å². The van der Waals surface area contributed by atoms with Crippen molar-refractivity contribution in [2.45, 2.75) is 12.5 Å². The molecule has 0 radical (unpaired) electrons. The van der Waals surface area contributed by atoms with Crippen LogP contribution in [0.15, 0.2) is 23.8 Å². The summed E-state index contributed by atoms with van der Waals surface area (Å²) >= 11 is 0. The van der Waals surface area contributed by atoms with Crippen molar-refractivity contribution in [3.05, 3.63) is 40.5 Å². The SMILES string of the molecule is CC1(O)C(=O)c2c(O)c(C(=O)O)cc(O)c2C2=C1C(=O)C=CC2=O. The molecule has 24 heavy (non-hydrogen) atoms. The van der Waals surface area contributed by atoms with E-state index in [4.69, 9.17) is 5.11 Å². The first kappa shape index (κ1) is 15.6. The Morgan fingerprint density at radius 2 is 1.62 bits per heavy atom. The Balaban J connectivity index is 2.52. The maximum absolute atomic E-state index is 12.6. The van der Waals surface area contributed by atoms with Crippen molar-refractivity contribution in [3.8, 4) is 11.5 Å². The molecule has 2 aliphatic carbocycles. The Bertz CT molecular complexity index is 930. The highest BCUT2D eigenvalue weighted by molar-refractivity contribution is 6.41. The third-order valence-corrected chi connectivity index (χ3v) is 4.04. The molecule has 0 saturated carbocycles. The van der Waals surface area contributed by atoms with Gasteiger partial charge >= 0.3 is 5.97 Å². The van der Waals surface area contributed by atoms with Crippen LogP contribution in [0.25, 0.3) is 5.57 Å². The van der Waals surface area contributed by atoms with E-state index in [0.717, 1.165) is 19.1 Å². The van der Waals surface area contributed by atoms with Crippen LogP contribution >= 0.6 is 0 Å². The van der Waals surface area contributed by atoms with E-state index in [1.807, 2.05) is 0 Å². The Hall–Kier alpha value is -3.26. The van der Waals surface area contributed by atoms with Crippen molar-refractivity contribution in [1.29, 1.82) is 0 Å². The molecule has 0 heterocycles. The number of carbonyl (C=O) groups is 4. The lowest BCUT2D eigenvalue weighted by atomic mass is 9.70. The molecule has 122 valence electrons. The molecule has 0 saturated heterocycles. The Morgan fingerprint density at radius 3 is 2.21 bits per heavy atom. The minimum Gasteiger partial charge on any atom is -0.507 e. The van der Waals surface area contributed by atoms with Gasteiger partial charge in [0.2, 0.25) is 5.78 Å². The second-order valence-electron chi connectivity index (χ2n) is 5.56. The molecule has 0 fully saturated rings. The van der Waals surface area contributed by atoms with Crippen LogP contribution in [0.3, 0.4) is 0 Å². The van der Waals surface area contributed by atoms with Crippen molar-refractivity contribution in [2.75, 3.05) is 0 Å². The quantitative estimate of drug-likeness (QED) is 0.421. The molecule has 0 amide bonds. The zero-order valence-corrected chi connectivity index (χ0v) is 12.2. The lowest BCUT2D eigenvalue weighted by Crippen LogP contribution is -2.45. The van der Waals surface area contributed by atoms with Gasteiger partial charge in [0.25, 0.3) is 0 Å². The third kappa shape index (κ3) is 1.77. The van der Waals surface area contributed by atoms with Gasteiger partial charge in [-0.05, 0) is 25.1 Å². The van der Waals surface area contributed by atoms with Gasteiger partial charge in [0.1, 0.15) is 17.1 Å². The summed E-state index contributed by atoms with van der Waals surface area (Å²) in [4.78, 5) is 47.9. The zero-order chi connectivity index (χ0) is 18.0. The lowest BCUT2D eigenvalue weighted by Gasteiger charge is -2.33. The highest BCUT2D eigenvalue weighted by Gasteiger charge is 2.50. The van der Waals surface area contributed by atoms with Gasteiger partial charge in [0.05, 0.1) is 11.1 Å². The van der Waals surface area contributed by atoms with Crippen molar-refractivity contribution >= 4 is 28.9 Å². The normalized spacial score (nSPS) is 22.5. The largest absolute Gasteiger partial charge is 0.507 e. The summed E-state index contributed by atoms with van der Waals surface area (Å²) in [6.45, 7) is 0.960. The number of phenolic OH excluding ortho intramolecular Hbond substituents is 1. The summed E-state index contributed by atoms with van der Waals surface area (Å²) in [5.74, 6) is -6.14. The number of carboxylic acids is 1. The number of ketones is 3. The molecule has 0 bridgehead atoms. The number of carbonyl (C=O) groups excluding carboxylic acids is 3. The average Bonchev–Trinajstić information content (AvgIpc) is 2.49. The van der Waals surface area contributed by atoms with E-state index < -0.39 is 68.3 Å². The van der Waals surface area contributed by atoms with Crippen LogP contribution in [0.4, 0.5) is 0 Å². The van der Waals surface area contributed by atoms with Gasteiger partial charge in [-0.15, -0.1) is 0 Å². The summed E-state index contributed by atoms with van der Waals surface area (Å²) in [5, 5.41) is 39.7. The molecule has 1 aromatic rings. The third-order valence-electron chi connectivity index (χ3n) is 4.04. The van der Waals surface area contributed by atoms with Crippen LogP contribution in [0.1, 0.15) is 33.2 Å². The molecule has 2 aliphatic rings. The minimum atomic E-state index is -2.46. The molecule has 0 aliphatic heterocycles. The predicted octanol–water partition coefficient (Wildman–Crippen LogP) is 0.205. The molecule has 1 aromatic carbocycles. The molecule has 1 unspecified atom stereocenters. The van der Waals surface area contributed by atoms with Crippen molar-refractivity contribution < 1.29 is 39.6 Å². The van der Waals surface area contributed by atoms with Gasteiger partial charge < -0.3 is 20.4 Å². The fourth-order valence-electron chi connectivity index (χ4n) is 2.95. The molecular weight excluding hydrogens is 320 g/mol. The summed E-state index contributed by atoms with van der Waals surface area (Å²) in [6.07, 6.45) is 1.79. The topological polar surface area (TPSA) is 149 Å². The molecule has 4 N–H and O–H groups in total. The average molecular weight is 330 g/mol. The van der Waals surface area contributed by atoms with E-state index in [2.05, 4.69) is 0 Å². The number of carboxylic acid groups (broad SMARTS) is 1. The van der Waals surface area contributed by atoms with E-state index in [1.165, 1.54) is 0 Å². The second-order valence-corrected chi connectivity index (χ2v) is 5.56. The number of hydrogen-bond donors (Lipinski definition) is 4. The number of Topliss-reactive ketones (excluding diaryl/α,β-unsaturated/α-hetero) is 1. The highest BCUT2D eigenvalue weighted by Crippen LogP contribution is 2.47. The molecule has 8 heteroatoms. The molecular formula is C16H10O8. The van der Waals surface area contributed by atoms with E-state index in [9.17, 15) is 34.5 Å². The van der Waals surface area contributed by atoms with E-state index >= 15 is 0 Å². The Kier molecular flexibility index (Phi) is 3.01. The maximum Gasteiger partial charge on any atom is 0.339 e. The minimum absolute atomic E-state index is 0.438. The number of fused-ring (bicyclic) bond motifs is 2. The fourth-order valence-corrected chi connectivity index (χ4v) is 2.95. The van der Waals surface area contributed by atoms with E-state index in [-0.39, 0.29) is 0 Å². The monoisotopic (exact) mass is 330 g/mol. The number of hydrogen-bond acceptors (Lipinski definition) is 7. The fraction of sp³-hybridized carbons (Fsp3) is 0.125. The van der Waals surface area contributed by atoms with Crippen molar-refractivity contribution in [1.82, 2.24) is 0 Å². The van der Waals surface area contributed by atoms with Crippen LogP contribution in [0, 0.1) is 0 Å². The van der Waals surface area contributed by atoms with Gasteiger partial charge in [0.15, 0.2) is 17.2 Å². The first-order chi connectivity index (χ1) is 11.1. The molecule has 0 spiro atoms. The lowest BCUT2D eigenvalue weighted by molar-refractivity contribution is -0.115. The highest BCUT2D eigenvalue weighted by atomic mass is 16.4. The standard InChI is InChI=1S/C16H10O8/c1-16(24)12-7(18)3-2-6(17)10(12)9-8(19)4-5(15(22)23)13(20)11(9)14(16)21/h2-4,19-20,24H,1H3,(H,22,23). The van der Waals surface area contributed by atoms with Gasteiger partial charge in [-0.1, -0.05) is 0 Å². The van der Waals surface area contributed by atoms with Gasteiger partial charge in [-0.25, -0.2) is 4.79 Å². The van der Waals surface area contributed by atoms with Crippen LogP contribution in [0.5, 0.6) is 11.5 Å². The summed E-state index contributed by atoms with van der Waals surface area (Å²) in [6, 6.07) is 0.671. The molecule has 1 atom stereocenters. The zero-order valence-electron chi connectivity index (χ0n) is 12.2. The van der Waals surface area contributed by atoms with Crippen LogP contribution in [-0.2, 0) is 9.59 Å². The predicted molar refractivity (Wildman–Crippen MR) is 77.8 cm³/mol. The smallest absolute Gasteiger partial charge is 0.339 e. The van der Waals surface area contributed by atoms with Crippen molar-refractivity contribution in [3.63, 3.8) is 0 Å². The number of rotatable bonds is 1. The molecule has 0 aromatic heterocycles. The Labute approximate surface area is 134 Å². The van der Waals surface area contributed by atoms with Gasteiger partial charge in [-0.2, -0.15) is 0 Å². The van der Waals surface area contributed by atoms with Gasteiger partial charge in [-0.3, -0.25) is 14.4 Å². The summed E-state index contributed by atoms with van der Waals surface area (Å²) in [7, 11) is 0. The summed E-state index contributed by atoms with van der Waals surface area (Å²) < 4.78 is 0. The van der Waals surface area contributed by atoms with E-state index in [1.54, 1.807) is 0 Å². The first-order valence-electron chi connectivity index (χ1n) is 6.70. The summed E-state index contributed by atoms with van der Waals surface area (Å²) in [5.41, 5.74) is -5.37. The second kappa shape index (κ2) is 4.62. The number of benzene rings is 1. The van der Waals surface area contributed by atoms with Gasteiger partial charge in [0, 0.05) is 11.1 Å². The number of aromatic hydroxyl groups is 2. The number of aromatic carboxylic acids is 1. The number of aliphatic hydroxyl groups is 1. The maximum atomic E-state index is 12.6. The van der Waals surface area contributed by atoms with Crippen molar-refractivity contribution in [2.24, 2.45) is 0 Å². The number of phenols is 2. The molecule has 3 rings (SSSR count).